The molecule has 1 unspecified atom stereocenters. The monoisotopic (exact) mass is 249 g/mol. The molecule has 1 amide bonds. The van der Waals surface area contributed by atoms with Gasteiger partial charge in [0.25, 0.3) is 0 Å². The zero-order valence-corrected chi connectivity index (χ0v) is 10.1. The lowest BCUT2D eigenvalue weighted by atomic mass is 9.99. The molecule has 2 rings (SSSR count). The normalized spacial score (nSPS) is 15.2. The number of amides is 1. The number of carbonyl (C=O) groups is 2. The van der Waals surface area contributed by atoms with Crippen LogP contribution in [0.5, 0.6) is 5.75 Å². The summed E-state index contributed by atoms with van der Waals surface area (Å²) in [6.45, 7) is 2.00. The highest BCUT2D eigenvalue weighted by molar-refractivity contribution is 5.83. The van der Waals surface area contributed by atoms with Crippen molar-refractivity contribution >= 4 is 11.9 Å². The quantitative estimate of drug-likeness (QED) is 0.846. The third kappa shape index (κ3) is 2.61. The molecule has 5 heteroatoms. The molecular formula is C13H15NO4. The van der Waals surface area contributed by atoms with E-state index < -0.39 is 12.0 Å². The highest BCUT2D eigenvalue weighted by Gasteiger charge is 2.22. The van der Waals surface area contributed by atoms with Gasteiger partial charge in [0.15, 0.2) is 6.04 Å². The first-order valence-electron chi connectivity index (χ1n) is 5.83. The number of hydrogen-bond acceptors (Lipinski definition) is 3. The van der Waals surface area contributed by atoms with Crippen molar-refractivity contribution in [2.75, 3.05) is 6.61 Å². The molecule has 5 nitrogen and oxygen atoms in total. The molecule has 0 saturated carbocycles. The van der Waals surface area contributed by atoms with E-state index in [4.69, 9.17) is 9.84 Å². The van der Waals surface area contributed by atoms with Crippen LogP contribution in [-0.4, -0.2) is 23.6 Å². The Labute approximate surface area is 105 Å². The maximum absolute atomic E-state index is 11.2. The molecule has 0 fully saturated rings. The van der Waals surface area contributed by atoms with Crippen LogP contribution in [0.15, 0.2) is 18.2 Å². The molecule has 1 aromatic rings. The predicted octanol–water partition coefficient (Wildman–Crippen LogP) is 1.27. The van der Waals surface area contributed by atoms with Gasteiger partial charge in [-0.05, 0) is 36.1 Å². The molecule has 0 spiro atoms. The number of benzene rings is 1. The summed E-state index contributed by atoms with van der Waals surface area (Å²) in [6.07, 6.45) is 1.80. The molecule has 1 heterocycles. The van der Waals surface area contributed by atoms with Crippen molar-refractivity contribution in [1.29, 1.82) is 0 Å². The lowest BCUT2D eigenvalue weighted by Gasteiger charge is -2.20. The summed E-state index contributed by atoms with van der Waals surface area (Å²) in [5, 5.41) is 11.6. The molecule has 0 bridgehead atoms. The smallest absolute Gasteiger partial charge is 0.330 e. The number of aryl methyl sites for hydroxylation is 1. The number of carbonyl (C=O) groups excluding carboxylic acids is 1. The van der Waals surface area contributed by atoms with Gasteiger partial charge in [-0.3, -0.25) is 4.79 Å². The summed E-state index contributed by atoms with van der Waals surface area (Å²) in [4.78, 5) is 22.2. The summed E-state index contributed by atoms with van der Waals surface area (Å²) < 4.78 is 5.46. The van der Waals surface area contributed by atoms with Gasteiger partial charge < -0.3 is 15.2 Å². The Morgan fingerprint density at radius 2 is 2.22 bits per heavy atom. The fourth-order valence-corrected chi connectivity index (χ4v) is 2.05. The lowest BCUT2D eigenvalue weighted by Crippen LogP contribution is -2.32. The Bertz CT molecular complexity index is 484. The van der Waals surface area contributed by atoms with Crippen molar-refractivity contribution in [3.05, 3.63) is 29.3 Å². The highest BCUT2D eigenvalue weighted by Crippen LogP contribution is 2.27. The van der Waals surface area contributed by atoms with Crippen LogP contribution in [0.3, 0.4) is 0 Å². The molecule has 1 aliphatic heterocycles. The summed E-state index contributed by atoms with van der Waals surface area (Å²) in [7, 11) is 0. The molecule has 0 aromatic heterocycles. The Morgan fingerprint density at radius 1 is 1.44 bits per heavy atom. The molecule has 1 atom stereocenters. The van der Waals surface area contributed by atoms with E-state index in [0.717, 1.165) is 24.2 Å². The second-order valence-electron chi connectivity index (χ2n) is 4.29. The number of fused-ring (bicyclic) bond motifs is 1. The fourth-order valence-electron chi connectivity index (χ4n) is 2.05. The van der Waals surface area contributed by atoms with Crippen LogP contribution in [0, 0.1) is 0 Å². The molecule has 1 aliphatic rings. The van der Waals surface area contributed by atoms with Gasteiger partial charge in [-0.2, -0.15) is 0 Å². The van der Waals surface area contributed by atoms with Crippen LogP contribution in [0.25, 0.3) is 0 Å². The van der Waals surface area contributed by atoms with E-state index in [-0.39, 0.29) is 5.91 Å². The summed E-state index contributed by atoms with van der Waals surface area (Å²) >= 11 is 0. The van der Waals surface area contributed by atoms with Gasteiger partial charge >= 0.3 is 5.97 Å². The summed E-state index contributed by atoms with van der Waals surface area (Å²) in [5.41, 5.74) is 1.57. The van der Waals surface area contributed by atoms with Gasteiger partial charge in [-0.1, -0.05) is 6.07 Å². The Balaban J connectivity index is 2.30. The van der Waals surface area contributed by atoms with E-state index in [1.165, 1.54) is 6.92 Å². The van der Waals surface area contributed by atoms with E-state index in [2.05, 4.69) is 5.32 Å². The van der Waals surface area contributed by atoms with Crippen molar-refractivity contribution < 1.29 is 19.4 Å². The Kier molecular flexibility index (Phi) is 3.50. The van der Waals surface area contributed by atoms with E-state index >= 15 is 0 Å². The molecule has 2 N–H and O–H groups in total. The van der Waals surface area contributed by atoms with Crippen molar-refractivity contribution in [1.82, 2.24) is 5.32 Å². The molecule has 0 aliphatic carbocycles. The van der Waals surface area contributed by atoms with E-state index in [9.17, 15) is 9.59 Å². The summed E-state index contributed by atoms with van der Waals surface area (Å²) in [6, 6.07) is 4.23. The van der Waals surface area contributed by atoms with Gasteiger partial charge in [0.05, 0.1) is 6.61 Å². The fraction of sp³-hybridized carbons (Fsp3) is 0.385. The highest BCUT2D eigenvalue weighted by atomic mass is 16.5. The van der Waals surface area contributed by atoms with Crippen molar-refractivity contribution in [2.45, 2.75) is 25.8 Å². The third-order valence-corrected chi connectivity index (χ3v) is 2.86. The average Bonchev–Trinajstić information content (AvgIpc) is 2.35. The Hall–Kier alpha value is -2.04. The number of carboxylic acids is 1. The van der Waals surface area contributed by atoms with Crippen LogP contribution in [0.4, 0.5) is 0 Å². The number of hydrogen-bond donors (Lipinski definition) is 2. The average molecular weight is 249 g/mol. The zero-order valence-electron chi connectivity index (χ0n) is 10.1. The molecule has 0 radical (unpaired) electrons. The number of nitrogens with one attached hydrogen (secondary N) is 1. The number of rotatable bonds is 3. The van der Waals surface area contributed by atoms with Crippen LogP contribution >= 0.6 is 0 Å². The standard InChI is InChI=1S/C13H15NO4/c1-8(15)14-12(13(16)17)10-4-5-11-9(7-10)3-2-6-18-11/h4-5,7,12H,2-3,6H2,1H3,(H,14,15)(H,16,17). The largest absolute Gasteiger partial charge is 0.493 e. The molecule has 96 valence electrons. The number of carboxylic acid groups (broad SMARTS) is 1. The second kappa shape index (κ2) is 5.08. The van der Waals surface area contributed by atoms with Crippen LogP contribution in [0.2, 0.25) is 0 Å². The van der Waals surface area contributed by atoms with E-state index in [1.54, 1.807) is 18.2 Å². The van der Waals surface area contributed by atoms with E-state index in [0.29, 0.717) is 12.2 Å². The van der Waals surface area contributed by atoms with Crippen LogP contribution < -0.4 is 10.1 Å². The maximum Gasteiger partial charge on any atom is 0.330 e. The van der Waals surface area contributed by atoms with Crippen LogP contribution in [0.1, 0.15) is 30.5 Å². The van der Waals surface area contributed by atoms with Crippen LogP contribution in [-0.2, 0) is 16.0 Å². The second-order valence-corrected chi connectivity index (χ2v) is 4.29. The van der Waals surface area contributed by atoms with Gasteiger partial charge in [0.2, 0.25) is 5.91 Å². The van der Waals surface area contributed by atoms with Crippen molar-refractivity contribution in [3.8, 4) is 5.75 Å². The summed E-state index contributed by atoms with van der Waals surface area (Å²) in [5.74, 6) is -0.629. The van der Waals surface area contributed by atoms with E-state index in [1.807, 2.05) is 0 Å². The minimum atomic E-state index is -1.07. The first kappa shape index (κ1) is 12.4. The first-order chi connectivity index (χ1) is 8.58. The van der Waals surface area contributed by atoms with Gasteiger partial charge in [0, 0.05) is 6.92 Å². The number of ether oxygens (including phenoxy) is 1. The first-order valence-corrected chi connectivity index (χ1v) is 5.83. The molecular weight excluding hydrogens is 234 g/mol. The van der Waals surface area contributed by atoms with Crippen molar-refractivity contribution in [2.24, 2.45) is 0 Å². The number of aliphatic carboxylic acids is 1. The van der Waals surface area contributed by atoms with Crippen molar-refractivity contribution in [3.63, 3.8) is 0 Å². The lowest BCUT2D eigenvalue weighted by molar-refractivity contribution is -0.141. The zero-order chi connectivity index (χ0) is 13.1. The topological polar surface area (TPSA) is 75.6 Å². The third-order valence-electron chi connectivity index (χ3n) is 2.86. The van der Waals surface area contributed by atoms with Gasteiger partial charge in [0.1, 0.15) is 5.75 Å². The minimum Gasteiger partial charge on any atom is -0.493 e. The van der Waals surface area contributed by atoms with Gasteiger partial charge in [-0.15, -0.1) is 0 Å². The molecule has 18 heavy (non-hydrogen) atoms. The van der Waals surface area contributed by atoms with Gasteiger partial charge in [-0.25, -0.2) is 4.79 Å². The Morgan fingerprint density at radius 3 is 2.89 bits per heavy atom. The SMILES string of the molecule is CC(=O)NC(C(=O)O)c1ccc2c(c1)CCCO2. The molecule has 0 saturated heterocycles. The molecule has 1 aromatic carbocycles. The minimum absolute atomic E-state index is 0.364. The maximum atomic E-state index is 11.2. The predicted molar refractivity (Wildman–Crippen MR) is 64.5 cm³/mol.